The summed E-state index contributed by atoms with van der Waals surface area (Å²) in [6.45, 7) is 4.79. The zero-order valence-corrected chi connectivity index (χ0v) is 11.3. The first-order valence-electron chi connectivity index (χ1n) is 6.54. The summed E-state index contributed by atoms with van der Waals surface area (Å²) in [6, 6.07) is 0.492. The number of nitrogens with zero attached hydrogens (tertiary/aromatic N) is 6. The molecule has 2 rings (SSSR count). The standard InChI is InChI=1S/C11H23N7/c1-16-6-7-17(2)10(9-16)8-11-13-14-15-18(11)5-3-4-12/h10H,3-9,12H2,1-2H3. The van der Waals surface area contributed by atoms with Crippen LogP contribution in [0.4, 0.5) is 0 Å². The number of nitrogens with two attached hydrogens (primary N) is 1. The number of rotatable bonds is 5. The summed E-state index contributed by atoms with van der Waals surface area (Å²) in [5.74, 6) is 0.968. The topological polar surface area (TPSA) is 76.1 Å². The highest BCUT2D eigenvalue weighted by molar-refractivity contribution is 4.91. The lowest BCUT2D eigenvalue weighted by Crippen LogP contribution is -2.51. The van der Waals surface area contributed by atoms with E-state index >= 15 is 0 Å². The van der Waals surface area contributed by atoms with Gasteiger partial charge in [-0.05, 0) is 37.5 Å². The molecule has 2 heterocycles. The summed E-state index contributed by atoms with van der Waals surface area (Å²) in [6.07, 6.45) is 1.82. The third-order valence-electron chi connectivity index (χ3n) is 3.58. The highest BCUT2D eigenvalue weighted by Gasteiger charge is 2.24. The average Bonchev–Trinajstić information content (AvgIpc) is 2.79. The number of piperazine rings is 1. The van der Waals surface area contributed by atoms with Crippen LogP contribution in [0.3, 0.4) is 0 Å². The summed E-state index contributed by atoms with van der Waals surface area (Å²) >= 11 is 0. The Bertz CT molecular complexity index is 364. The van der Waals surface area contributed by atoms with Crippen molar-refractivity contribution in [1.29, 1.82) is 0 Å². The van der Waals surface area contributed by atoms with Gasteiger partial charge in [0.1, 0.15) is 0 Å². The largest absolute Gasteiger partial charge is 0.330 e. The van der Waals surface area contributed by atoms with Crippen LogP contribution in [-0.4, -0.2) is 76.3 Å². The van der Waals surface area contributed by atoms with E-state index in [9.17, 15) is 0 Å². The molecule has 0 aliphatic carbocycles. The van der Waals surface area contributed by atoms with E-state index in [0.717, 1.165) is 44.8 Å². The molecule has 18 heavy (non-hydrogen) atoms. The predicted octanol–water partition coefficient (Wildman–Crippen LogP) is -1.19. The van der Waals surface area contributed by atoms with Crippen molar-refractivity contribution >= 4 is 0 Å². The van der Waals surface area contributed by atoms with Crippen molar-refractivity contribution in [2.24, 2.45) is 5.73 Å². The van der Waals surface area contributed by atoms with Crippen LogP contribution in [0.15, 0.2) is 0 Å². The minimum Gasteiger partial charge on any atom is -0.330 e. The van der Waals surface area contributed by atoms with Crippen LogP contribution in [0, 0.1) is 0 Å². The minimum atomic E-state index is 0.492. The monoisotopic (exact) mass is 253 g/mol. The summed E-state index contributed by atoms with van der Waals surface area (Å²) in [5.41, 5.74) is 5.52. The summed E-state index contributed by atoms with van der Waals surface area (Å²) in [4.78, 5) is 4.75. The molecular weight excluding hydrogens is 230 g/mol. The fourth-order valence-electron chi connectivity index (χ4n) is 2.32. The molecule has 0 spiro atoms. The molecule has 0 radical (unpaired) electrons. The molecule has 0 amide bonds. The lowest BCUT2D eigenvalue weighted by Gasteiger charge is -2.37. The number of likely N-dealkylation sites (N-methyl/N-ethyl adjacent to an activating group) is 2. The predicted molar refractivity (Wildman–Crippen MR) is 69.1 cm³/mol. The van der Waals surface area contributed by atoms with Gasteiger partial charge in [0.15, 0.2) is 5.82 Å². The van der Waals surface area contributed by atoms with E-state index in [0.29, 0.717) is 12.6 Å². The number of aromatic nitrogens is 4. The van der Waals surface area contributed by atoms with Gasteiger partial charge < -0.3 is 15.5 Å². The molecule has 1 aliphatic heterocycles. The molecule has 1 unspecified atom stereocenters. The molecule has 1 aromatic heterocycles. The van der Waals surface area contributed by atoms with Crippen molar-refractivity contribution < 1.29 is 0 Å². The van der Waals surface area contributed by atoms with Gasteiger partial charge in [-0.15, -0.1) is 5.10 Å². The second-order valence-corrected chi connectivity index (χ2v) is 5.06. The molecule has 102 valence electrons. The molecule has 1 atom stereocenters. The van der Waals surface area contributed by atoms with E-state index in [-0.39, 0.29) is 0 Å². The van der Waals surface area contributed by atoms with Gasteiger partial charge in [0.05, 0.1) is 0 Å². The van der Waals surface area contributed by atoms with Gasteiger partial charge in [0, 0.05) is 38.6 Å². The first kappa shape index (κ1) is 13.4. The third-order valence-corrected chi connectivity index (χ3v) is 3.58. The van der Waals surface area contributed by atoms with Crippen molar-refractivity contribution in [1.82, 2.24) is 30.0 Å². The highest BCUT2D eigenvalue weighted by atomic mass is 15.5. The molecule has 1 aromatic rings. The molecule has 7 heteroatoms. The van der Waals surface area contributed by atoms with Gasteiger partial charge in [0.25, 0.3) is 0 Å². The zero-order chi connectivity index (χ0) is 13.0. The van der Waals surface area contributed by atoms with Gasteiger partial charge in [-0.3, -0.25) is 0 Å². The van der Waals surface area contributed by atoms with Gasteiger partial charge in [-0.25, -0.2) is 4.68 Å². The quantitative estimate of drug-likeness (QED) is 0.711. The molecule has 2 N–H and O–H groups in total. The van der Waals surface area contributed by atoms with Crippen LogP contribution in [0.1, 0.15) is 12.2 Å². The Kier molecular flexibility index (Phi) is 4.62. The van der Waals surface area contributed by atoms with Gasteiger partial charge in [-0.1, -0.05) is 0 Å². The van der Waals surface area contributed by atoms with E-state index in [2.05, 4.69) is 39.4 Å². The molecule has 0 bridgehead atoms. The second-order valence-electron chi connectivity index (χ2n) is 5.06. The summed E-state index contributed by atoms with van der Waals surface area (Å²) < 4.78 is 1.88. The SMILES string of the molecule is CN1CCN(C)C(Cc2nnnn2CCCN)C1. The average molecular weight is 253 g/mol. The maximum atomic E-state index is 5.52. The fourth-order valence-corrected chi connectivity index (χ4v) is 2.32. The first-order valence-corrected chi connectivity index (χ1v) is 6.54. The van der Waals surface area contributed by atoms with Crippen LogP contribution in [0.2, 0.25) is 0 Å². The molecule has 1 fully saturated rings. The Morgan fingerprint density at radius 3 is 2.94 bits per heavy atom. The Morgan fingerprint density at radius 1 is 1.33 bits per heavy atom. The van der Waals surface area contributed by atoms with E-state index in [4.69, 9.17) is 5.73 Å². The Hall–Kier alpha value is -1.05. The van der Waals surface area contributed by atoms with E-state index in [1.807, 2.05) is 4.68 Å². The third kappa shape index (κ3) is 3.24. The number of aryl methyl sites for hydroxylation is 1. The normalized spacial score (nSPS) is 22.5. The maximum absolute atomic E-state index is 5.52. The van der Waals surface area contributed by atoms with Crippen LogP contribution < -0.4 is 5.73 Å². The van der Waals surface area contributed by atoms with Crippen molar-refractivity contribution in [3.63, 3.8) is 0 Å². The zero-order valence-electron chi connectivity index (χ0n) is 11.3. The molecule has 0 saturated carbocycles. The number of hydrogen-bond donors (Lipinski definition) is 1. The van der Waals surface area contributed by atoms with Crippen molar-refractivity contribution in [3.05, 3.63) is 5.82 Å². The number of hydrogen-bond acceptors (Lipinski definition) is 6. The number of tetrazole rings is 1. The first-order chi connectivity index (χ1) is 8.70. The van der Waals surface area contributed by atoms with Crippen molar-refractivity contribution in [2.75, 3.05) is 40.3 Å². The van der Waals surface area contributed by atoms with E-state index < -0.39 is 0 Å². The lowest BCUT2D eigenvalue weighted by atomic mass is 10.1. The van der Waals surface area contributed by atoms with Crippen LogP contribution in [0.5, 0.6) is 0 Å². The van der Waals surface area contributed by atoms with Gasteiger partial charge in [-0.2, -0.15) is 0 Å². The molecular formula is C11H23N7. The Morgan fingerprint density at radius 2 is 2.17 bits per heavy atom. The minimum absolute atomic E-state index is 0.492. The van der Waals surface area contributed by atoms with Gasteiger partial charge in [0.2, 0.25) is 0 Å². The lowest BCUT2D eigenvalue weighted by molar-refractivity contribution is 0.112. The highest BCUT2D eigenvalue weighted by Crippen LogP contribution is 2.10. The maximum Gasteiger partial charge on any atom is 0.152 e. The summed E-state index contributed by atoms with van der Waals surface area (Å²) in [7, 11) is 4.34. The van der Waals surface area contributed by atoms with Gasteiger partial charge >= 0.3 is 0 Å². The molecule has 1 saturated heterocycles. The smallest absolute Gasteiger partial charge is 0.152 e. The fraction of sp³-hybridized carbons (Fsp3) is 0.909. The Balaban J connectivity index is 1.97. The van der Waals surface area contributed by atoms with Crippen LogP contribution in [0.25, 0.3) is 0 Å². The Labute approximate surface area is 108 Å². The van der Waals surface area contributed by atoms with Crippen LogP contribution in [-0.2, 0) is 13.0 Å². The van der Waals surface area contributed by atoms with Crippen molar-refractivity contribution in [3.8, 4) is 0 Å². The molecule has 0 aromatic carbocycles. The van der Waals surface area contributed by atoms with Crippen LogP contribution >= 0.6 is 0 Å². The molecule has 1 aliphatic rings. The summed E-state index contributed by atoms with van der Waals surface area (Å²) in [5, 5.41) is 11.9. The second kappa shape index (κ2) is 6.21. The molecule has 7 nitrogen and oxygen atoms in total. The van der Waals surface area contributed by atoms with Crippen molar-refractivity contribution in [2.45, 2.75) is 25.4 Å². The van der Waals surface area contributed by atoms with E-state index in [1.54, 1.807) is 0 Å². The van der Waals surface area contributed by atoms with E-state index in [1.165, 1.54) is 0 Å².